The molecule has 0 aliphatic heterocycles. The lowest BCUT2D eigenvalue weighted by atomic mass is 10.2. The highest BCUT2D eigenvalue weighted by molar-refractivity contribution is 5.66. The minimum atomic E-state index is -0.313. The van der Waals surface area contributed by atoms with Crippen LogP contribution >= 0.6 is 0 Å². The molecule has 14 heavy (non-hydrogen) atoms. The fourth-order valence-corrected chi connectivity index (χ4v) is 0.969. The van der Waals surface area contributed by atoms with Crippen molar-refractivity contribution in [2.45, 2.75) is 6.92 Å². The molecule has 74 valence electrons. The molecule has 1 rings (SSSR count). The van der Waals surface area contributed by atoms with Gasteiger partial charge in [-0.25, -0.2) is 0 Å². The summed E-state index contributed by atoms with van der Waals surface area (Å²) < 4.78 is 4.70. The number of para-hydroxylation sites is 1. The van der Waals surface area contributed by atoms with Gasteiger partial charge in [-0.2, -0.15) is 0 Å². The van der Waals surface area contributed by atoms with E-state index in [9.17, 15) is 9.90 Å². The lowest BCUT2D eigenvalue weighted by molar-refractivity contribution is -0.139. The van der Waals surface area contributed by atoms with Crippen molar-refractivity contribution in [3.63, 3.8) is 0 Å². The maximum absolute atomic E-state index is 10.4. The van der Waals surface area contributed by atoms with Gasteiger partial charge in [-0.1, -0.05) is 24.3 Å². The summed E-state index contributed by atoms with van der Waals surface area (Å²) in [7, 11) is 0. The van der Waals surface area contributed by atoms with E-state index in [4.69, 9.17) is 4.74 Å². The third-order valence-corrected chi connectivity index (χ3v) is 1.62. The van der Waals surface area contributed by atoms with Crippen LogP contribution in [0.4, 0.5) is 0 Å². The molecule has 0 aromatic heterocycles. The molecule has 0 saturated carbocycles. The molecule has 0 bridgehead atoms. The first-order chi connectivity index (χ1) is 6.70. The topological polar surface area (TPSA) is 46.5 Å². The molecule has 0 aliphatic rings. The highest BCUT2D eigenvalue weighted by atomic mass is 16.5. The van der Waals surface area contributed by atoms with Crippen LogP contribution in [0, 0.1) is 0 Å². The highest BCUT2D eigenvalue weighted by Crippen LogP contribution is 2.16. The average molecular weight is 192 g/mol. The van der Waals surface area contributed by atoms with Gasteiger partial charge in [0.05, 0.1) is 0 Å². The number of rotatable bonds is 3. The van der Waals surface area contributed by atoms with Crippen LogP contribution in [-0.4, -0.2) is 17.7 Å². The molecule has 3 heteroatoms. The average Bonchev–Trinajstić information content (AvgIpc) is 2.15. The second-order valence-corrected chi connectivity index (χ2v) is 2.76. The second-order valence-electron chi connectivity index (χ2n) is 2.76. The molecular weight excluding hydrogens is 180 g/mol. The molecule has 0 spiro atoms. The Morgan fingerprint density at radius 3 is 2.86 bits per heavy atom. The fraction of sp³-hybridized carbons (Fsp3) is 0.182. The molecule has 0 atom stereocenters. The molecule has 0 amide bonds. The number of benzene rings is 1. The fourth-order valence-electron chi connectivity index (χ4n) is 0.969. The van der Waals surface area contributed by atoms with Gasteiger partial charge >= 0.3 is 5.97 Å². The van der Waals surface area contributed by atoms with E-state index < -0.39 is 0 Å². The molecule has 0 radical (unpaired) electrons. The lowest BCUT2D eigenvalue weighted by Crippen LogP contribution is -1.97. The Labute approximate surface area is 82.6 Å². The molecule has 1 aromatic rings. The van der Waals surface area contributed by atoms with Gasteiger partial charge in [0, 0.05) is 12.5 Å². The summed E-state index contributed by atoms with van der Waals surface area (Å²) in [5.74, 6) is -0.0986. The summed E-state index contributed by atoms with van der Waals surface area (Å²) in [5.41, 5.74) is 0.708. The predicted molar refractivity (Wildman–Crippen MR) is 53.8 cm³/mol. The first-order valence-electron chi connectivity index (χ1n) is 4.28. The number of carbonyl (C=O) groups is 1. The van der Waals surface area contributed by atoms with Crippen LogP contribution in [0.3, 0.4) is 0 Å². The Balaban J connectivity index is 2.52. The maximum atomic E-state index is 10.4. The maximum Gasteiger partial charge on any atom is 0.302 e. The second kappa shape index (κ2) is 5.07. The number of aromatic hydroxyl groups is 1. The SMILES string of the molecule is CC(=O)OCC=Cc1ccccc1O. The van der Waals surface area contributed by atoms with Crippen molar-refractivity contribution >= 4 is 12.0 Å². The molecule has 0 saturated heterocycles. The Bertz CT molecular complexity index is 342. The summed E-state index contributed by atoms with van der Waals surface area (Å²) in [5, 5.41) is 9.36. The Hall–Kier alpha value is -1.77. The quantitative estimate of drug-likeness (QED) is 0.745. The Morgan fingerprint density at radius 2 is 2.21 bits per heavy atom. The molecule has 1 N–H and O–H groups in total. The van der Waals surface area contributed by atoms with Gasteiger partial charge in [0.25, 0.3) is 0 Å². The van der Waals surface area contributed by atoms with Gasteiger partial charge in [0.2, 0.25) is 0 Å². The minimum absolute atomic E-state index is 0.214. The normalized spacial score (nSPS) is 10.4. The molecular formula is C11H12O3. The van der Waals surface area contributed by atoms with E-state index in [0.29, 0.717) is 5.56 Å². The smallest absolute Gasteiger partial charge is 0.302 e. The number of esters is 1. The molecule has 3 nitrogen and oxygen atoms in total. The van der Waals surface area contributed by atoms with Crippen molar-refractivity contribution in [1.29, 1.82) is 0 Å². The Kier molecular flexibility index (Phi) is 3.73. The highest BCUT2D eigenvalue weighted by Gasteiger charge is 1.93. The molecule has 1 aromatic carbocycles. The van der Waals surface area contributed by atoms with Crippen LogP contribution in [0.5, 0.6) is 5.75 Å². The Morgan fingerprint density at radius 1 is 1.50 bits per heavy atom. The van der Waals surface area contributed by atoms with E-state index in [1.807, 2.05) is 6.07 Å². The molecule has 0 unspecified atom stereocenters. The third-order valence-electron chi connectivity index (χ3n) is 1.62. The van der Waals surface area contributed by atoms with Crippen LogP contribution in [-0.2, 0) is 9.53 Å². The van der Waals surface area contributed by atoms with Crippen molar-refractivity contribution in [1.82, 2.24) is 0 Å². The number of carbonyl (C=O) groups excluding carboxylic acids is 1. The van der Waals surface area contributed by atoms with Crippen molar-refractivity contribution in [3.8, 4) is 5.75 Å². The minimum Gasteiger partial charge on any atom is -0.507 e. The zero-order chi connectivity index (χ0) is 10.4. The number of hydrogen-bond acceptors (Lipinski definition) is 3. The molecule has 0 heterocycles. The lowest BCUT2D eigenvalue weighted by Gasteiger charge is -1.97. The number of ether oxygens (including phenoxy) is 1. The van der Waals surface area contributed by atoms with Gasteiger partial charge in [-0.15, -0.1) is 0 Å². The van der Waals surface area contributed by atoms with Crippen LogP contribution in [0.2, 0.25) is 0 Å². The van der Waals surface area contributed by atoms with Crippen LogP contribution in [0.25, 0.3) is 6.08 Å². The summed E-state index contributed by atoms with van der Waals surface area (Å²) in [6.45, 7) is 1.58. The third kappa shape index (κ3) is 3.31. The molecule has 0 fully saturated rings. The molecule has 0 aliphatic carbocycles. The van der Waals surface area contributed by atoms with Crippen molar-refractivity contribution < 1.29 is 14.6 Å². The zero-order valence-electron chi connectivity index (χ0n) is 7.93. The van der Waals surface area contributed by atoms with E-state index in [1.54, 1.807) is 30.4 Å². The predicted octanol–water partition coefficient (Wildman–Crippen LogP) is 1.97. The van der Waals surface area contributed by atoms with Gasteiger partial charge < -0.3 is 9.84 Å². The van der Waals surface area contributed by atoms with Crippen LogP contribution in [0.1, 0.15) is 12.5 Å². The van der Waals surface area contributed by atoms with Crippen LogP contribution in [0.15, 0.2) is 30.3 Å². The van der Waals surface area contributed by atoms with E-state index >= 15 is 0 Å². The van der Waals surface area contributed by atoms with Crippen LogP contribution < -0.4 is 0 Å². The van der Waals surface area contributed by atoms with Crippen molar-refractivity contribution in [3.05, 3.63) is 35.9 Å². The summed E-state index contributed by atoms with van der Waals surface area (Å²) in [4.78, 5) is 10.4. The monoisotopic (exact) mass is 192 g/mol. The van der Waals surface area contributed by atoms with Gasteiger partial charge in [-0.3, -0.25) is 4.79 Å². The standard InChI is InChI=1S/C11H12O3/c1-9(12)14-8-4-6-10-5-2-3-7-11(10)13/h2-7,13H,8H2,1H3. The number of hydrogen-bond donors (Lipinski definition) is 1. The van der Waals surface area contributed by atoms with E-state index in [0.717, 1.165) is 0 Å². The largest absolute Gasteiger partial charge is 0.507 e. The van der Waals surface area contributed by atoms with Gasteiger partial charge in [0.15, 0.2) is 0 Å². The van der Waals surface area contributed by atoms with E-state index in [1.165, 1.54) is 6.92 Å². The van der Waals surface area contributed by atoms with Crippen molar-refractivity contribution in [2.75, 3.05) is 6.61 Å². The number of phenols is 1. The first kappa shape index (κ1) is 10.3. The van der Waals surface area contributed by atoms with E-state index in [2.05, 4.69) is 0 Å². The first-order valence-corrected chi connectivity index (χ1v) is 4.28. The van der Waals surface area contributed by atoms with Gasteiger partial charge in [0.1, 0.15) is 12.4 Å². The van der Waals surface area contributed by atoms with Gasteiger partial charge in [-0.05, 0) is 12.1 Å². The summed E-state index contributed by atoms with van der Waals surface area (Å²) >= 11 is 0. The number of phenolic OH excluding ortho intramolecular Hbond substituents is 1. The van der Waals surface area contributed by atoms with E-state index in [-0.39, 0.29) is 18.3 Å². The zero-order valence-corrected chi connectivity index (χ0v) is 7.93. The van der Waals surface area contributed by atoms with Crippen molar-refractivity contribution in [2.24, 2.45) is 0 Å². The summed E-state index contributed by atoms with van der Waals surface area (Å²) in [6.07, 6.45) is 3.38. The summed E-state index contributed by atoms with van der Waals surface area (Å²) in [6, 6.07) is 6.95.